The fraction of sp³-hybridized carbons (Fsp3) is 0.900. The van der Waals surface area contributed by atoms with E-state index in [2.05, 4.69) is 10.0 Å². The summed E-state index contributed by atoms with van der Waals surface area (Å²) >= 11 is 0. The average molecular weight is 266 g/mol. The summed E-state index contributed by atoms with van der Waals surface area (Å²) in [5, 5.41) is 11.4. The first kappa shape index (κ1) is 16.3. The first-order chi connectivity index (χ1) is 7.65. The van der Waals surface area contributed by atoms with Crippen molar-refractivity contribution < 1.29 is 18.3 Å². The summed E-state index contributed by atoms with van der Waals surface area (Å²) in [6.07, 6.45) is 1.43. The molecule has 17 heavy (non-hydrogen) atoms. The second kappa shape index (κ2) is 6.93. The number of aliphatic hydroxyl groups is 1. The summed E-state index contributed by atoms with van der Waals surface area (Å²) in [6.45, 7) is 5.27. The van der Waals surface area contributed by atoms with Gasteiger partial charge in [0.1, 0.15) is 6.04 Å². The van der Waals surface area contributed by atoms with E-state index in [1.807, 2.05) is 13.8 Å². The van der Waals surface area contributed by atoms with Gasteiger partial charge in [-0.25, -0.2) is 13.1 Å². The summed E-state index contributed by atoms with van der Waals surface area (Å²) in [7, 11) is -3.43. The van der Waals surface area contributed by atoms with E-state index in [-0.39, 0.29) is 12.5 Å². The zero-order chi connectivity index (χ0) is 13.6. The number of hydrogen-bond acceptors (Lipinski definition) is 4. The molecule has 0 saturated heterocycles. The molecule has 0 rings (SSSR count). The Balaban J connectivity index is 4.62. The predicted octanol–water partition coefficient (Wildman–Crippen LogP) is -0.553. The Labute approximate surface area is 103 Å². The van der Waals surface area contributed by atoms with E-state index >= 15 is 0 Å². The molecule has 102 valence electrons. The number of carbonyl (C=O) groups is 1. The molecule has 0 heterocycles. The minimum Gasteiger partial charge on any atom is -0.394 e. The molecule has 3 N–H and O–H groups in total. The average Bonchev–Trinajstić information content (AvgIpc) is 2.13. The van der Waals surface area contributed by atoms with Crippen LogP contribution in [-0.2, 0) is 14.8 Å². The lowest BCUT2D eigenvalue weighted by atomic mass is 10.0. The molecule has 0 aromatic carbocycles. The number of amides is 1. The van der Waals surface area contributed by atoms with Crippen LogP contribution < -0.4 is 10.0 Å². The molecule has 0 aliphatic rings. The van der Waals surface area contributed by atoms with E-state index in [0.717, 1.165) is 6.26 Å². The molecule has 0 radical (unpaired) electrons. The number of rotatable bonds is 7. The van der Waals surface area contributed by atoms with Crippen LogP contribution in [0.5, 0.6) is 0 Å². The summed E-state index contributed by atoms with van der Waals surface area (Å²) in [5.41, 5.74) is 0. The Hall–Kier alpha value is -0.660. The van der Waals surface area contributed by atoms with Crippen LogP contribution in [0, 0.1) is 5.92 Å². The van der Waals surface area contributed by atoms with Crippen molar-refractivity contribution in [2.24, 2.45) is 5.92 Å². The van der Waals surface area contributed by atoms with Gasteiger partial charge in [0, 0.05) is 6.04 Å². The highest BCUT2D eigenvalue weighted by Gasteiger charge is 2.23. The van der Waals surface area contributed by atoms with Crippen molar-refractivity contribution in [3.8, 4) is 0 Å². The van der Waals surface area contributed by atoms with Gasteiger partial charge < -0.3 is 10.4 Å². The molecule has 0 aliphatic heterocycles. The highest BCUT2D eigenvalue weighted by Crippen LogP contribution is 2.06. The molecule has 0 spiro atoms. The Morgan fingerprint density at radius 1 is 1.29 bits per heavy atom. The Morgan fingerprint density at radius 2 is 1.82 bits per heavy atom. The number of sulfonamides is 1. The topological polar surface area (TPSA) is 95.5 Å². The first-order valence-corrected chi connectivity index (χ1v) is 7.43. The smallest absolute Gasteiger partial charge is 0.238 e. The lowest BCUT2D eigenvalue weighted by Gasteiger charge is -2.21. The number of aliphatic hydroxyl groups excluding tert-OH is 1. The molecule has 0 aromatic heterocycles. The predicted molar refractivity (Wildman–Crippen MR) is 65.9 cm³/mol. The molecule has 0 bridgehead atoms. The van der Waals surface area contributed by atoms with Crippen LogP contribution in [0.2, 0.25) is 0 Å². The molecular weight excluding hydrogens is 244 g/mol. The summed E-state index contributed by atoms with van der Waals surface area (Å²) in [4.78, 5) is 11.8. The monoisotopic (exact) mass is 266 g/mol. The minimum absolute atomic E-state index is 0.182. The summed E-state index contributed by atoms with van der Waals surface area (Å²) < 4.78 is 24.6. The Morgan fingerprint density at radius 3 is 2.18 bits per heavy atom. The van der Waals surface area contributed by atoms with Crippen LogP contribution in [0.25, 0.3) is 0 Å². The van der Waals surface area contributed by atoms with E-state index in [4.69, 9.17) is 5.11 Å². The number of carbonyl (C=O) groups excluding carboxylic acids is 1. The molecule has 0 aliphatic carbocycles. The largest absolute Gasteiger partial charge is 0.394 e. The van der Waals surface area contributed by atoms with E-state index in [0.29, 0.717) is 6.42 Å². The molecule has 2 atom stereocenters. The van der Waals surface area contributed by atoms with E-state index < -0.39 is 28.0 Å². The fourth-order valence-corrected chi connectivity index (χ4v) is 2.05. The summed E-state index contributed by atoms with van der Waals surface area (Å²) in [5.74, 6) is -0.227. The quantitative estimate of drug-likeness (QED) is 0.576. The third kappa shape index (κ3) is 8.12. The molecule has 0 aromatic rings. The van der Waals surface area contributed by atoms with Crippen LogP contribution in [0.15, 0.2) is 0 Å². The van der Waals surface area contributed by atoms with E-state index in [1.54, 1.807) is 6.92 Å². The molecule has 0 fully saturated rings. The third-order valence-corrected chi connectivity index (χ3v) is 2.76. The zero-order valence-corrected chi connectivity index (χ0v) is 11.5. The maximum atomic E-state index is 11.8. The van der Waals surface area contributed by atoms with Gasteiger partial charge in [0.05, 0.1) is 12.9 Å². The zero-order valence-electron chi connectivity index (χ0n) is 10.7. The van der Waals surface area contributed by atoms with Gasteiger partial charge in [0.25, 0.3) is 0 Å². The van der Waals surface area contributed by atoms with Crippen molar-refractivity contribution in [1.82, 2.24) is 10.0 Å². The highest BCUT2D eigenvalue weighted by molar-refractivity contribution is 7.88. The second-order valence-electron chi connectivity index (χ2n) is 4.66. The maximum absolute atomic E-state index is 11.8. The highest BCUT2D eigenvalue weighted by atomic mass is 32.2. The number of hydrogen-bond donors (Lipinski definition) is 3. The normalized spacial score (nSPS) is 15.6. The van der Waals surface area contributed by atoms with Crippen molar-refractivity contribution in [3.63, 3.8) is 0 Å². The third-order valence-electron chi connectivity index (χ3n) is 2.04. The summed E-state index contributed by atoms with van der Waals surface area (Å²) in [6, 6.07) is -1.18. The van der Waals surface area contributed by atoms with Gasteiger partial charge in [0.15, 0.2) is 0 Å². The second-order valence-corrected chi connectivity index (χ2v) is 6.44. The van der Waals surface area contributed by atoms with Crippen LogP contribution in [0.1, 0.15) is 27.2 Å². The van der Waals surface area contributed by atoms with Crippen molar-refractivity contribution in [3.05, 3.63) is 0 Å². The van der Waals surface area contributed by atoms with Gasteiger partial charge in [-0.05, 0) is 19.3 Å². The van der Waals surface area contributed by atoms with Gasteiger partial charge in [-0.3, -0.25) is 4.79 Å². The molecule has 1 unspecified atom stereocenters. The van der Waals surface area contributed by atoms with Crippen LogP contribution in [0.4, 0.5) is 0 Å². The van der Waals surface area contributed by atoms with Gasteiger partial charge in [-0.1, -0.05) is 13.8 Å². The molecular formula is C10H22N2O4S. The standard InChI is InChI=1S/C10H22N2O4S/c1-7(2)5-9(12-17(4,15)16)10(14)11-8(3)6-13/h7-9,12-13H,5-6H2,1-4H3,(H,11,14)/t8-,9?/m0/s1. The van der Waals surface area contributed by atoms with Crippen LogP contribution in [-0.4, -0.2) is 44.4 Å². The minimum atomic E-state index is -3.43. The first-order valence-electron chi connectivity index (χ1n) is 5.54. The lowest BCUT2D eigenvalue weighted by Crippen LogP contribution is -2.50. The van der Waals surface area contributed by atoms with Gasteiger partial charge >= 0.3 is 0 Å². The fourth-order valence-electron chi connectivity index (χ4n) is 1.33. The van der Waals surface area contributed by atoms with Crippen LogP contribution >= 0.6 is 0 Å². The molecule has 7 heteroatoms. The van der Waals surface area contributed by atoms with Gasteiger partial charge in [-0.2, -0.15) is 0 Å². The lowest BCUT2D eigenvalue weighted by molar-refractivity contribution is -0.124. The van der Waals surface area contributed by atoms with Gasteiger partial charge in [0.2, 0.25) is 15.9 Å². The van der Waals surface area contributed by atoms with Crippen LogP contribution in [0.3, 0.4) is 0 Å². The molecule has 1 amide bonds. The Kier molecular flexibility index (Phi) is 6.66. The molecule has 6 nitrogen and oxygen atoms in total. The maximum Gasteiger partial charge on any atom is 0.238 e. The molecule has 0 saturated carbocycles. The Bertz CT molecular complexity index is 340. The van der Waals surface area contributed by atoms with Crippen molar-refractivity contribution >= 4 is 15.9 Å². The van der Waals surface area contributed by atoms with E-state index in [9.17, 15) is 13.2 Å². The van der Waals surface area contributed by atoms with Crippen molar-refractivity contribution in [2.45, 2.75) is 39.3 Å². The van der Waals surface area contributed by atoms with Crippen molar-refractivity contribution in [1.29, 1.82) is 0 Å². The van der Waals surface area contributed by atoms with E-state index in [1.165, 1.54) is 0 Å². The van der Waals surface area contributed by atoms with Gasteiger partial charge in [-0.15, -0.1) is 0 Å². The van der Waals surface area contributed by atoms with Crippen molar-refractivity contribution in [2.75, 3.05) is 12.9 Å². The number of nitrogens with one attached hydrogen (secondary N) is 2. The SMILES string of the molecule is CC(C)CC(NS(C)(=O)=O)C(=O)N[C@@H](C)CO.